The molecule has 1 fully saturated rings. The third-order valence-corrected chi connectivity index (χ3v) is 4.18. The second kappa shape index (κ2) is 9.73. The summed E-state index contributed by atoms with van der Waals surface area (Å²) in [7, 11) is 2.14. The summed E-state index contributed by atoms with van der Waals surface area (Å²) in [5, 5.41) is 13.5. The minimum absolute atomic E-state index is 0.477. The van der Waals surface area contributed by atoms with Crippen molar-refractivity contribution >= 4 is 0 Å². The lowest BCUT2D eigenvalue weighted by Crippen LogP contribution is -2.43. The summed E-state index contributed by atoms with van der Waals surface area (Å²) in [5.41, 5.74) is -0.477. The van der Waals surface area contributed by atoms with E-state index in [1.54, 1.807) is 0 Å². The molecule has 1 atom stereocenters. The molecule has 0 spiro atoms. The molecule has 1 rings (SSSR count). The van der Waals surface area contributed by atoms with E-state index in [2.05, 4.69) is 24.2 Å². The van der Waals surface area contributed by atoms with Crippen LogP contribution >= 0.6 is 0 Å². The van der Waals surface area contributed by atoms with Gasteiger partial charge in [0.2, 0.25) is 0 Å². The van der Waals surface area contributed by atoms with Crippen molar-refractivity contribution in [1.82, 2.24) is 10.2 Å². The first kappa shape index (κ1) is 16.9. The zero-order valence-corrected chi connectivity index (χ0v) is 13.1. The average Bonchev–Trinajstić information content (AvgIpc) is 2.79. The largest absolute Gasteiger partial charge is 0.387 e. The van der Waals surface area contributed by atoms with E-state index in [-0.39, 0.29) is 0 Å². The fraction of sp³-hybridized carbons (Fsp3) is 1.00. The molecule has 3 nitrogen and oxygen atoms in total. The Labute approximate surface area is 119 Å². The molecule has 114 valence electrons. The van der Waals surface area contributed by atoms with Crippen LogP contribution in [0.3, 0.4) is 0 Å². The molecule has 0 aromatic carbocycles. The van der Waals surface area contributed by atoms with Crippen LogP contribution in [0.25, 0.3) is 0 Å². The van der Waals surface area contributed by atoms with Crippen LogP contribution in [0.4, 0.5) is 0 Å². The van der Waals surface area contributed by atoms with Crippen molar-refractivity contribution in [3.63, 3.8) is 0 Å². The summed E-state index contributed by atoms with van der Waals surface area (Å²) < 4.78 is 0. The van der Waals surface area contributed by atoms with Gasteiger partial charge in [-0.15, -0.1) is 0 Å². The molecule has 1 saturated heterocycles. The third kappa shape index (κ3) is 7.91. The van der Waals surface area contributed by atoms with Crippen molar-refractivity contribution in [3.05, 3.63) is 0 Å². The average molecular weight is 270 g/mol. The molecule has 0 aromatic heterocycles. The van der Waals surface area contributed by atoms with E-state index in [1.807, 2.05) is 0 Å². The number of aliphatic hydroxyl groups is 1. The van der Waals surface area contributed by atoms with Crippen molar-refractivity contribution < 1.29 is 5.11 Å². The fourth-order valence-electron chi connectivity index (χ4n) is 2.96. The Morgan fingerprint density at radius 2 is 1.68 bits per heavy atom. The molecule has 1 unspecified atom stereocenters. The van der Waals surface area contributed by atoms with Crippen LogP contribution in [-0.2, 0) is 0 Å². The van der Waals surface area contributed by atoms with Crippen molar-refractivity contribution in [2.45, 2.75) is 70.3 Å². The van der Waals surface area contributed by atoms with Crippen LogP contribution in [0.1, 0.15) is 64.7 Å². The summed E-state index contributed by atoms with van der Waals surface area (Å²) in [4.78, 5) is 2.30. The topological polar surface area (TPSA) is 35.5 Å². The second-order valence-electron chi connectivity index (χ2n) is 6.36. The number of hydrogen-bond acceptors (Lipinski definition) is 3. The molecule has 1 aliphatic heterocycles. The minimum atomic E-state index is -0.477. The molecule has 1 heterocycles. The third-order valence-electron chi connectivity index (χ3n) is 4.18. The highest BCUT2D eigenvalue weighted by molar-refractivity contribution is 4.89. The predicted molar refractivity (Wildman–Crippen MR) is 82.5 cm³/mol. The molecule has 0 radical (unpaired) electrons. The quantitative estimate of drug-likeness (QED) is 0.567. The van der Waals surface area contributed by atoms with E-state index in [4.69, 9.17) is 0 Å². The lowest BCUT2D eigenvalue weighted by Gasteiger charge is -2.27. The molecule has 0 amide bonds. The Morgan fingerprint density at radius 1 is 1.05 bits per heavy atom. The molecule has 3 heteroatoms. The maximum Gasteiger partial charge on any atom is 0.0909 e. The Bertz CT molecular complexity index is 215. The number of rotatable bonds is 11. The van der Waals surface area contributed by atoms with E-state index in [0.717, 1.165) is 32.6 Å². The molecule has 1 aliphatic rings. The first-order valence-electron chi connectivity index (χ1n) is 8.28. The number of β-amino-alcohol motifs (C(OH)–C–C–N with tert-alkyl or cyclic N) is 1. The highest BCUT2D eigenvalue weighted by atomic mass is 16.3. The number of likely N-dealkylation sites (N-methyl/N-ethyl adjacent to an activating group) is 1. The predicted octanol–water partition coefficient (Wildman–Crippen LogP) is 2.78. The van der Waals surface area contributed by atoms with Crippen molar-refractivity contribution in [2.75, 3.05) is 33.2 Å². The van der Waals surface area contributed by atoms with Gasteiger partial charge in [-0.05, 0) is 33.0 Å². The van der Waals surface area contributed by atoms with Gasteiger partial charge in [0.15, 0.2) is 0 Å². The number of unbranched alkanes of at least 4 members (excludes halogenated alkanes) is 7. The monoisotopic (exact) mass is 270 g/mol. The molecule has 2 N–H and O–H groups in total. The van der Waals surface area contributed by atoms with Crippen molar-refractivity contribution in [2.24, 2.45) is 0 Å². The summed E-state index contributed by atoms with van der Waals surface area (Å²) in [6, 6.07) is 0. The molecular formula is C16H34N2O. The zero-order valence-electron chi connectivity index (χ0n) is 13.1. The van der Waals surface area contributed by atoms with Crippen LogP contribution < -0.4 is 5.32 Å². The van der Waals surface area contributed by atoms with Gasteiger partial charge >= 0.3 is 0 Å². The molecule has 19 heavy (non-hydrogen) atoms. The second-order valence-corrected chi connectivity index (χ2v) is 6.36. The normalized spacial score (nSPS) is 23.4. The Balaban J connectivity index is 1.91. The summed E-state index contributed by atoms with van der Waals surface area (Å²) >= 11 is 0. The highest BCUT2D eigenvalue weighted by Gasteiger charge is 2.31. The summed E-state index contributed by atoms with van der Waals surface area (Å²) in [6.45, 7) is 5.92. The maximum atomic E-state index is 10.3. The SMILES string of the molecule is CCCCCCCCCCN(C)CC1(O)CCNC1. The van der Waals surface area contributed by atoms with E-state index < -0.39 is 5.60 Å². The summed E-state index contributed by atoms with van der Waals surface area (Å²) in [5.74, 6) is 0. The van der Waals surface area contributed by atoms with E-state index in [0.29, 0.717) is 0 Å². The van der Waals surface area contributed by atoms with Crippen LogP contribution in [0.2, 0.25) is 0 Å². The zero-order chi connectivity index (χ0) is 14.0. The van der Waals surface area contributed by atoms with Gasteiger partial charge in [0, 0.05) is 13.1 Å². The van der Waals surface area contributed by atoms with Gasteiger partial charge in [-0.1, -0.05) is 51.9 Å². The van der Waals surface area contributed by atoms with Gasteiger partial charge in [-0.3, -0.25) is 0 Å². The molecular weight excluding hydrogens is 236 g/mol. The van der Waals surface area contributed by atoms with Gasteiger partial charge in [-0.2, -0.15) is 0 Å². The first-order chi connectivity index (χ1) is 9.16. The lowest BCUT2D eigenvalue weighted by atomic mass is 10.0. The maximum absolute atomic E-state index is 10.3. The highest BCUT2D eigenvalue weighted by Crippen LogP contribution is 2.16. The standard InChI is InChI=1S/C16H34N2O/c1-3-4-5-6-7-8-9-10-13-18(2)15-16(19)11-12-17-14-16/h17,19H,3-15H2,1-2H3. The van der Waals surface area contributed by atoms with Crippen molar-refractivity contribution in [1.29, 1.82) is 0 Å². The van der Waals surface area contributed by atoms with Gasteiger partial charge in [-0.25, -0.2) is 0 Å². The van der Waals surface area contributed by atoms with Gasteiger partial charge in [0.1, 0.15) is 0 Å². The fourth-order valence-corrected chi connectivity index (χ4v) is 2.96. The van der Waals surface area contributed by atoms with Gasteiger partial charge < -0.3 is 15.3 Å². The van der Waals surface area contributed by atoms with E-state index in [1.165, 1.54) is 51.4 Å². The Morgan fingerprint density at radius 3 is 2.26 bits per heavy atom. The van der Waals surface area contributed by atoms with Crippen LogP contribution in [0.5, 0.6) is 0 Å². The number of nitrogens with zero attached hydrogens (tertiary/aromatic N) is 1. The van der Waals surface area contributed by atoms with Crippen LogP contribution in [0, 0.1) is 0 Å². The molecule has 0 saturated carbocycles. The first-order valence-corrected chi connectivity index (χ1v) is 8.28. The molecule has 0 aliphatic carbocycles. The Hall–Kier alpha value is -0.120. The number of hydrogen-bond donors (Lipinski definition) is 2. The van der Waals surface area contributed by atoms with Gasteiger partial charge in [0.25, 0.3) is 0 Å². The van der Waals surface area contributed by atoms with E-state index >= 15 is 0 Å². The van der Waals surface area contributed by atoms with Crippen molar-refractivity contribution in [3.8, 4) is 0 Å². The molecule has 0 bridgehead atoms. The smallest absolute Gasteiger partial charge is 0.0909 e. The summed E-state index contributed by atoms with van der Waals surface area (Å²) in [6.07, 6.45) is 11.8. The van der Waals surface area contributed by atoms with Crippen LogP contribution in [-0.4, -0.2) is 48.8 Å². The minimum Gasteiger partial charge on any atom is -0.387 e. The Kier molecular flexibility index (Phi) is 8.67. The van der Waals surface area contributed by atoms with E-state index in [9.17, 15) is 5.11 Å². The number of nitrogens with one attached hydrogen (secondary N) is 1. The lowest BCUT2D eigenvalue weighted by molar-refractivity contribution is 0.0280. The molecule has 0 aromatic rings. The van der Waals surface area contributed by atoms with Gasteiger partial charge in [0.05, 0.1) is 5.60 Å². The van der Waals surface area contributed by atoms with Crippen LogP contribution in [0.15, 0.2) is 0 Å².